The number of carbonyl (C=O) groups is 1. The van der Waals surface area contributed by atoms with E-state index in [0.29, 0.717) is 12.3 Å². The van der Waals surface area contributed by atoms with Crippen LogP contribution in [0.3, 0.4) is 0 Å². The van der Waals surface area contributed by atoms with Crippen molar-refractivity contribution in [1.29, 1.82) is 0 Å². The summed E-state index contributed by atoms with van der Waals surface area (Å²) in [6.07, 6.45) is 11.1. The maximum atomic E-state index is 12.8. The Hall–Kier alpha value is -0.870. The third-order valence-corrected chi connectivity index (χ3v) is 5.70. The van der Waals surface area contributed by atoms with Crippen molar-refractivity contribution in [3.8, 4) is 0 Å². The number of hydrogen-bond acceptors (Lipinski definition) is 3. The first-order valence-electron chi connectivity index (χ1n) is 9.38. The predicted molar refractivity (Wildman–Crippen MR) is 90.3 cm³/mol. The summed E-state index contributed by atoms with van der Waals surface area (Å²) < 4.78 is 11.8. The maximum Gasteiger partial charge on any atom is 0.226 e. The Morgan fingerprint density at radius 1 is 1.43 bits per heavy atom. The molecule has 3 aliphatic rings. The molecule has 2 saturated heterocycles. The van der Waals surface area contributed by atoms with Crippen LogP contribution in [0.5, 0.6) is 0 Å². The molecule has 1 amide bonds. The molecular formula is C19H31NO3. The van der Waals surface area contributed by atoms with Gasteiger partial charge in [0.1, 0.15) is 0 Å². The van der Waals surface area contributed by atoms with E-state index in [9.17, 15) is 4.79 Å². The van der Waals surface area contributed by atoms with Crippen LogP contribution in [0.25, 0.3) is 0 Å². The van der Waals surface area contributed by atoms with Gasteiger partial charge in [0.15, 0.2) is 0 Å². The van der Waals surface area contributed by atoms with Crippen LogP contribution in [-0.4, -0.2) is 49.8 Å². The number of fused-ring (bicyclic) bond motifs is 1. The van der Waals surface area contributed by atoms with Gasteiger partial charge in [-0.3, -0.25) is 4.79 Å². The van der Waals surface area contributed by atoms with Crippen LogP contribution in [-0.2, 0) is 14.3 Å². The van der Waals surface area contributed by atoms with Crippen molar-refractivity contribution in [3.63, 3.8) is 0 Å². The fourth-order valence-electron chi connectivity index (χ4n) is 4.39. The van der Waals surface area contributed by atoms with E-state index in [0.717, 1.165) is 65.0 Å². The molecule has 2 atom stereocenters. The largest absolute Gasteiger partial charge is 0.381 e. The molecule has 4 nitrogen and oxygen atoms in total. The minimum Gasteiger partial charge on any atom is -0.381 e. The zero-order chi connectivity index (χ0) is 16.1. The lowest BCUT2D eigenvalue weighted by atomic mass is 9.73. The van der Waals surface area contributed by atoms with Crippen LogP contribution in [0.4, 0.5) is 0 Å². The lowest BCUT2D eigenvalue weighted by Crippen LogP contribution is -2.58. The van der Waals surface area contributed by atoms with E-state index in [2.05, 4.69) is 11.0 Å². The Morgan fingerprint density at radius 3 is 3.13 bits per heavy atom. The van der Waals surface area contributed by atoms with Gasteiger partial charge in [-0.2, -0.15) is 0 Å². The minimum absolute atomic E-state index is 0.0170. The summed E-state index contributed by atoms with van der Waals surface area (Å²) in [5.74, 6) is 0.304. The average Bonchev–Trinajstić information content (AvgIpc) is 2.60. The Labute approximate surface area is 140 Å². The number of likely N-dealkylation sites (tertiary alicyclic amines) is 1. The zero-order valence-electron chi connectivity index (χ0n) is 14.5. The highest BCUT2D eigenvalue weighted by molar-refractivity contribution is 5.79. The Kier molecular flexibility index (Phi) is 5.76. The molecule has 0 aromatic heterocycles. The summed E-state index contributed by atoms with van der Waals surface area (Å²) in [6.45, 7) is 6.00. The first-order valence-corrected chi connectivity index (χ1v) is 9.38. The molecule has 130 valence electrons. The first kappa shape index (κ1) is 17.0. The first-order chi connectivity index (χ1) is 11.2. The van der Waals surface area contributed by atoms with Crippen LogP contribution in [0.2, 0.25) is 0 Å². The molecule has 2 heterocycles. The standard InChI is InChI=1S/C19H31NO3/c1-2-22-15-19-10-6-12-23-17(19)9-11-20(14-19)18(21)13-16-7-4-3-5-8-16/h7,17H,2-6,8-15H2,1H3. The van der Waals surface area contributed by atoms with Crippen LogP contribution in [0, 0.1) is 5.41 Å². The second-order valence-corrected chi connectivity index (χ2v) is 7.35. The van der Waals surface area contributed by atoms with Gasteiger partial charge in [0.25, 0.3) is 0 Å². The molecule has 0 aromatic rings. The number of piperidine rings is 1. The van der Waals surface area contributed by atoms with E-state index in [4.69, 9.17) is 9.47 Å². The van der Waals surface area contributed by atoms with Gasteiger partial charge >= 0.3 is 0 Å². The number of rotatable bonds is 5. The van der Waals surface area contributed by atoms with Gasteiger partial charge in [0.2, 0.25) is 5.91 Å². The molecule has 0 radical (unpaired) electrons. The second kappa shape index (κ2) is 7.80. The number of ether oxygens (including phenoxy) is 2. The lowest BCUT2D eigenvalue weighted by Gasteiger charge is -2.50. The normalized spacial score (nSPS) is 31.4. The van der Waals surface area contributed by atoms with Crippen molar-refractivity contribution in [3.05, 3.63) is 11.6 Å². The topological polar surface area (TPSA) is 38.8 Å². The predicted octanol–water partition coefficient (Wildman–Crippen LogP) is 3.31. The molecule has 3 rings (SSSR count). The molecule has 0 N–H and O–H groups in total. The van der Waals surface area contributed by atoms with Crippen LogP contribution < -0.4 is 0 Å². The molecule has 23 heavy (non-hydrogen) atoms. The number of hydrogen-bond donors (Lipinski definition) is 0. The SMILES string of the molecule is CCOCC12CCCOC1CCN(C(=O)CC1=CCCCC1)C2. The quantitative estimate of drug-likeness (QED) is 0.729. The second-order valence-electron chi connectivity index (χ2n) is 7.35. The summed E-state index contributed by atoms with van der Waals surface area (Å²) in [7, 11) is 0. The number of amides is 1. The van der Waals surface area contributed by atoms with Crippen molar-refractivity contribution < 1.29 is 14.3 Å². The summed E-state index contributed by atoms with van der Waals surface area (Å²) in [6, 6.07) is 0. The molecule has 2 aliphatic heterocycles. The van der Waals surface area contributed by atoms with Gasteiger partial charge in [0.05, 0.1) is 12.7 Å². The van der Waals surface area contributed by atoms with Crippen LogP contribution >= 0.6 is 0 Å². The summed E-state index contributed by atoms with van der Waals surface area (Å²) in [5.41, 5.74) is 1.37. The molecule has 2 unspecified atom stereocenters. The van der Waals surface area contributed by atoms with E-state index in [1.54, 1.807) is 0 Å². The monoisotopic (exact) mass is 321 g/mol. The number of allylic oxidation sites excluding steroid dienone is 1. The van der Waals surface area contributed by atoms with E-state index in [1.165, 1.54) is 18.4 Å². The van der Waals surface area contributed by atoms with Crippen LogP contribution in [0.1, 0.15) is 58.3 Å². The van der Waals surface area contributed by atoms with E-state index >= 15 is 0 Å². The van der Waals surface area contributed by atoms with E-state index < -0.39 is 0 Å². The fraction of sp³-hybridized carbons (Fsp3) is 0.842. The summed E-state index contributed by atoms with van der Waals surface area (Å²) in [5, 5.41) is 0. The molecule has 0 aromatic carbocycles. The van der Waals surface area contributed by atoms with Gasteiger partial charge < -0.3 is 14.4 Å². The lowest BCUT2D eigenvalue weighted by molar-refractivity contribution is -0.163. The molecule has 0 bridgehead atoms. The Morgan fingerprint density at radius 2 is 2.35 bits per heavy atom. The van der Waals surface area contributed by atoms with Crippen molar-refractivity contribution in [2.75, 3.05) is 32.9 Å². The van der Waals surface area contributed by atoms with Gasteiger partial charge in [-0.15, -0.1) is 0 Å². The van der Waals surface area contributed by atoms with Gasteiger partial charge in [-0.05, 0) is 51.9 Å². The van der Waals surface area contributed by atoms with Gasteiger partial charge in [0, 0.05) is 38.1 Å². The minimum atomic E-state index is 0.0170. The van der Waals surface area contributed by atoms with Gasteiger partial charge in [-0.1, -0.05) is 11.6 Å². The van der Waals surface area contributed by atoms with Crippen LogP contribution in [0.15, 0.2) is 11.6 Å². The Bertz CT molecular complexity index is 448. The average molecular weight is 321 g/mol. The number of carbonyl (C=O) groups excluding carboxylic acids is 1. The Balaban J connectivity index is 1.64. The third kappa shape index (κ3) is 3.97. The molecule has 1 aliphatic carbocycles. The van der Waals surface area contributed by atoms with Crippen molar-refractivity contribution in [2.24, 2.45) is 5.41 Å². The van der Waals surface area contributed by atoms with E-state index in [1.807, 2.05) is 6.92 Å². The third-order valence-electron chi connectivity index (χ3n) is 5.70. The smallest absolute Gasteiger partial charge is 0.226 e. The highest BCUT2D eigenvalue weighted by Gasteiger charge is 2.47. The molecule has 0 saturated carbocycles. The van der Waals surface area contributed by atoms with E-state index in [-0.39, 0.29) is 11.5 Å². The van der Waals surface area contributed by atoms with Crippen molar-refractivity contribution in [1.82, 2.24) is 4.90 Å². The molecule has 4 heteroatoms. The molecule has 0 spiro atoms. The number of nitrogens with zero attached hydrogens (tertiary/aromatic N) is 1. The highest BCUT2D eigenvalue weighted by atomic mass is 16.5. The highest BCUT2D eigenvalue weighted by Crippen LogP contribution is 2.40. The fourth-order valence-corrected chi connectivity index (χ4v) is 4.39. The van der Waals surface area contributed by atoms with Crippen molar-refractivity contribution in [2.45, 2.75) is 64.4 Å². The van der Waals surface area contributed by atoms with Crippen molar-refractivity contribution >= 4 is 5.91 Å². The van der Waals surface area contributed by atoms with Gasteiger partial charge in [-0.25, -0.2) is 0 Å². The summed E-state index contributed by atoms with van der Waals surface area (Å²) >= 11 is 0. The zero-order valence-corrected chi connectivity index (χ0v) is 14.5. The maximum absolute atomic E-state index is 12.8. The molecule has 2 fully saturated rings. The summed E-state index contributed by atoms with van der Waals surface area (Å²) in [4.78, 5) is 14.8. The molecular weight excluding hydrogens is 290 g/mol.